The van der Waals surface area contributed by atoms with Crippen LogP contribution in [0.15, 0.2) is 22.1 Å². The van der Waals surface area contributed by atoms with Gasteiger partial charge in [-0.3, -0.25) is 9.48 Å². The molecule has 0 unspecified atom stereocenters. The van der Waals surface area contributed by atoms with Crippen LogP contribution in [-0.2, 0) is 16.1 Å². The molecule has 2 aromatic heterocycles. The number of hydrogen-bond acceptors (Lipinski definition) is 5. The second kappa shape index (κ2) is 6.81. The van der Waals surface area contributed by atoms with E-state index in [0.717, 1.165) is 15.0 Å². The Morgan fingerprint density at radius 1 is 1.58 bits per heavy atom. The topological polar surface area (TPSA) is 57.0 Å². The Bertz CT molecular complexity index is 553. The highest BCUT2D eigenvalue weighted by Gasteiger charge is 2.07. The molecule has 5 nitrogen and oxygen atoms in total. The van der Waals surface area contributed by atoms with Gasteiger partial charge in [0.2, 0.25) is 0 Å². The van der Waals surface area contributed by atoms with Gasteiger partial charge in [0.05, 0.1) is 17.7 Å². The lowest BCUT2D eigenvalue weighted by molar-refractivity contribution is -0.143. The maximum absolute atomic E-state index is 11.2. The molecule has 0 aliphatic heterocycles. The maximum Gasteiger partial charge on any atom is 0.305 e. The lowest BCUT2D eigenvalue weighted by atomic mass is 10.3. The predicted octanol–water partition coefficient (Wildman–Crippen LogP) is 3.11. The lowest BCUT2D eigenvalue weighted by Crippen LogP contribution is -2.06. The number of ether oxygens (including phenoxy) is 1. The molecule has 0 fully saturated rings. The molecule has 0 bridgehead atoms. The summed E-state index contributed by atoms with van der Waals surface area (Å²) in [5, 5.41) is 10.2. The van der Waals surface area contributed by atoms with E-state index in [9.17, 15) is 4.79 Å². The minimum Gasteiger partial charge on any atom is -0.466 e. The quantitative estimate of drug-likeness (QED) is 0.756. The minimum atomic E-state index is -0.162. The van der Waals surface area contributed by atoms with Crippen molar-refractivity contribution >= 4 is 33.2 Å². The van der Waals surface area contributed by atoms with Crippen molar-refractivity contribution in [1.29, 1.82) is 0 Å². The number of halogens is 1. The molecule has 2 heterocycles. The number of carbonyl (C=O) groups is 1. The van der Waals surface area contributed by atoms with E-state index in [-0.39, 0.29) is 5.97 Å². The van der Waals surface area contributed by atoms with Crippen LogP contribution in [0.1, 0.15) is 19.8 Å². The number of aryl methyl sites for hydroxylation is 1. The second-order valence-corrected chi connectivity index (χ2v) is 5.73. The molecule has 0 saturated carbocycles. The van der Waals surface area contributed by atoms with Crippen molar-refractivity contribution in [1.82, 2.24) is 15.0 Å². The zero-order valence-electron chi connectivity index (χ0n) is 10.5. The minimum absolute atomic E-state index is 0.162. The van der Waals surface area contributed by atoms with Crippen molar-refractivity contribution in [3.8, 4) is 10.6 Å². The maximum atomic E-state index is 11.2. The smallest absolute Gasteiger partial charge is 0.305 e. The molecule has 0 N–H and O–H groups in total. The number of esters is 1. The van der Waals surface area contributed by atoms with Crippen LogP contribution in [0.25, 0.3) is 10.6 Å². The van der Waals surface area contributed by atoms with E-state index < -0.39 is 0 Å². The summed E-state index contributed by atoms with van der Waals surface area (Å²) in [5.74, 6) is -0.162. The van der Waals surface area contributed by atoms with Gasteiger partial charge in [0.25, 0.3) is 0 Å². The summed E-state index contributed by atoms with van der Waals surface area (Å²) in [4.78, 5) is 12.3. The molecule has 0 amide bonds. The fourth-order valence-electron chi connectivity index (χ4n) is 1.59. The molecule has 102 valence electrons. The van der Waals surface area contributed by atoms with Gasteiger partial charge in [0, 0.05) is 22.8 Å². The third kappa shape index (κ3) is 4.14. The molecular weight excluding hydrogens is 330 g/mol. The molecule has 7 heteroatoms. The molecule has 0 saturated heterocycles. The van der Waals surface area contributed by atoms with Crippen molar-refractivity contribution in [2.24, 2.45) is 0 Å². The first-order valence-electron chi connectivity index (χ1n) is 5.99. The Balaban J connectivity index is 1.86. The highest BCUT2D eigenvalue weighted by Crippen LogP contribution is 2.27. The lowest BCUT2D eigenvalue weighted by Gasteiger charge is -2.01. The van der Waals surface area contributed by atoms with Gasteiger partial charge in [-0.15, -0.1) is 16.4 Å². The summed E-state index contributed by atoms with van der Waals surface area (Å²) in [6.45, 7) is 2.90. The van der Waals surface area contributed by atoms with Crippen LogP contribution >= 0.6 is 27.3 Å². The number of aromatic nitrogens is 3. The molecule has 0 atom stereocenters. The average Bonchev–Trinajstić information content (AvgIpc) is 2.98. The Morgan fingerprint density at radius 3 is 3.11 bits per heavy atom. The van der Waals surface area contributed by atoms with Crippen molar-refractivity contribution in [3.05, 3.63) is 22.1 Å². The number of nitrogens with zero attached hydrogens (tertiary/aromatic N) is 3. The highest BCUT2D eigenvalue weighted by atomic mass is 79.9. The average molecular weight is 344 g/mol. The third-order valence-electron chi connectivity index (χ3n) is 2.43. The normalized spacial score (nSPS) is 10.6. The van der Waals surface area contributed by atoms with E-state index in [1.54, 1.807) is 22.9 Å². The van der Waals surface area contributed by atoms with E-state index in [4.69, 9.17) is 4.74 Å². The molecule has 19 heavy (non-hydrogen) atoms. The van der Waals surface area contributed by atoms with E-state index >= 15 is 0 Å². The summed E-state index contributed by atoms with van der Waals surface area (Å²) >= 11 is 5.03. The highest BCUT2D eigenvalue weighted by molar-refractivity contribution is 9.10. The van der Waals surface area contributed by atoms with Gasteiger partial charge in [0.15, 0.2) is 0 Å². The van der Waals surface area contributed by atoms with Gasteiger partial charge in [0.1, 0.15) is 5.69 Å². The molecule has 0 spiro atoms. The van der Waals surface area contributed by atoms with Crippen molar-refractivity contribution < 1.29 is 9.53 Å². The number of carbonyl (C=O) groups excluding carboxylic acids is 1. The molecule has 2 rings (SSSR count). The standard InChI is InChI=1S/C12H14BrN3O2S/c1-2-18-12(17)4-3-5-16-7-10(14-15-16)11-6-9(13)8-19-11/h6-8H,2-5H2,1H3. The van der Waals surface area contributed by atoms with E-state index in [1.165, 1.54) is 0 Å². The zero-order chi connectivity index (χ0) is 13.7. The largest absolute Gasteiger partial charge is 0.466 e. The van der Waals surface area contributed by atoms with Crippen LogP contribution in [0.5, 0.6) is 0 Å². The predicted molar refractivity (Wildman–Crippen MR) is 76.9 cm³/mol. The fraction of sp³-hybridized carbons (Fsp3) is 0.417. The summed E-state index contributed by atoms with van der Waals surface area (Å²) in [6, 6.07) is 2.01. The van der Waals surface area contributed by atoms with Gasteiger partial charge in [-0.05, 0) is 35.3 Å². The summed E-state index contributed by atoms with van der Waals surface area (Å²) in [7, 11) is 0. The van der Waals surface area contributed by atoms with E-state index in [1.807, 2.05) is 17.6 Å². The first-order chi connectivity index (χ1) is 9.19. The van der Waals surface area contributed by atoms with E-state index in [2.05, 4.69) is 26.2 Å². The van der Waals surface area contributed by atoms with Gasteiger partial charge in [-0.1, -0.05) is 5.21 Å². The van der Waals surface area contributed by atoms with Gasteiger partial charge >= 0.3 is 5.97 Å². The Hall–Kier alpha value is -1.21. The van der Waals surface area contributed by atoms with Crippen molar-refractivity contribution in [3.63, 3.8) is 0 Å². The van der Waals surface area contributed by atoms with Gasteiger partial charge in [-0.2, -0.15) is 0 Å². The van der Waals surface area contributed by atoms with Crippen molar-refractivity contribution in [2.45, 2.75) is 26.3 Å². The van der Waals surface area contributed by atoms with Crippen molar-refractivity contribution in [2.75, 3.05) is 6.61 Å². The molecule has 0 radical (unpaired) electrons. The molecule has 0 aliphatic rings. The molecule has 2 aromatic rings. The second-order valence-electron chi connectivity index (χ2n) is 3.90. The van der Waals surface area contributed by atoms with Crippen LogP contribution < -0.4 is 0 Å². The first kappa shape index (κ1) is 14.2. The number of hydrogen-bond donors (Lipinski definition) is 0. The van der Waals surface area contributed by atoms with Crippen LogP contribution in [0, 0.1) is 0 Å². The first-order valence-corrected chi connectivity index (χ1v) is 7.66. The van der Waals surface area contributed by atoms with Crippen LogP contribution in [-0.4, -0.2) is 27.6 Å². The Kier molecular flexibility index (Phi) is 5.09. The molecular formula is C12H14BrN3O2S. The molecule has 0 aliphatic carbocycles. The fourth-order valence-corrected chi connectivity index (χ4v) is 2.96. The van der Waals surface area contributed by atoms with Gasteiger partial charge in [-0.25, -0.2) is 0 Å². The Labute approximate surface area is 123 Å². The third-order valence-corrected chi connectivity index (χ3v) is 4.15. The summed E-state index contributed by atoms with van der Waals surface area (Å²) < 4.78 is 7.67. The summed E-state index contributed by atoms with van der Waals surface area (Å²) in [6.07, 6.45) is 3.01. The summed E-state index contributed by atoms with van der Waals surface area (Å²) in [5.41, 5.74) is 0.854. The van der Waals surface area contributed by atoms with Crippen LogP contribution in [0.2, 0.25) is 0 Å². The monoisotopic (exact) mass is 343 g/mol. The number of rotatable bonds is 6. The van der Waals surface area contributed by atoms with Crippen LogP contribution in [0.3, 0.4) is 0 Å². The zero-order valence-corrected chi connectivity index (χ0v) is 12.9. The van der Waals surface area contributed by atoms with Crippen LogP contribution in [0.4, 0.5) is 0 Å². The van der Waals surface area contributed by atoms with Gasteiger partial charge < -0.3 is 4.74 Å². The number of thiophene rings is 1. The SMILES string of the molecule is CCOC(=O)CCCn1cc(-c2cc(Br)cs2)nn1. The molecule has 0 aromatic carbocycles. The van der Waals surface area contributed by atoms with E-state index in [0.29, 0.717) is 26.0 Å². The Morgan fingerprint density at radius 2 is 2.42 bits per heavy atom.